The molecule has 1 aliphatic rings. The molecule has 0 bridgehead atoms. The van der Waals surface area contributed by atoms with Gasteiger partial charge in [-0.15, -0.1) is 0 Å². The molecule has 3 N–H and O–H groups in total. The maximum Gasteiger partial charge on any atom is 0.251 e. The van der Waals surface area contributed by atoms with Gasteiger partial charge in [0.25, 0.3) is 5.91 Å². The second-order valence-corrected chi connectivity index (χ2v) is 10.9. The number of imidazole rings is 1. The summed E-state index contributed by atoms with van der Waals surface area (Å²) in [6, 6.07) is 8.14. The first-order valence-electron chi connectivity index (χ1n) is 12.5. The van der Waals surface area contributed by atoms with Gasteiger partial charge in [-0.3, -0.25) is 4.79 Å². The largest absolute Gasteiger partial charge is 0.389 e. The van der Waals surface area contributed by atoms with E-state index >= 15 is 0 Å². The van der Waals surface area contributed by atoms with E-state index in [-0.39, 0.29) is 5.91 Å². The van der Waals surface area contributed by atoms with Crippen molar-refractivity contribution in [3.8, 4) is 11.3 Å². The van der Waals surface area contributed by atoms with Crippen LogP contribution < -0.4 is 10.6 Å². The minimum absolute atomic E-state index is 0.0196. The summed E-state index contributed by atoms with van der Waals surface area (Å²) in [4.78, 5) is 18.4. The van der Waals surface area contributed by atoms with Crippen LogP contribution in [-0.2, 0) is 0 Å². The Morgan fingerprint density at radius 2 is 2.08 bits per heavy atom. The molecule has 1 amide bonds. The highest BCUT2D eigenvalue weighted by Crippen LogP contribution is 2.32. The quantitative estimate of drug-likeness (QED) is 0.240. The van der Waals surface area contributed by atoms with Crippen molar-refractivity contribution >= 4 is 29.0 Å². The molecule has 0 radical (unpaired) electrons. The number of benzene rings is 1. The lowest BCUT2D eigenvalue weighted by Gasteiger charge is -2.19. The Morgan fingerprint density at radius 3 is 2.72 bits per heavy atom. The van der Waals surface area contributed by atoms with Gasteiger partial charge in [0.15, 0.2) is 5.65 Å². The predicted molar refractivity (Wildman–Crippen MR) is 147 cm³/mol. The van der Waals surface area contributed by atoms with Crippen molar-refractivity contribution in [3.63, 3.8) is 0 Å². The average molecular weight is 506 g/mol. The molecule has 2 aromatic heterocycles. The van der Waals surface area contributed by atoms with Gasteiger partial charge in [0.1, 0.15) is 5.03 Å². The van der Waals surface area contributed by atoms with E-state index in [1.54, 1.807) is 31.8 Å². The van der Waals surface area contributed by atoms with Crippen molar-refractivity contribution in [3.05, 3.63) is 64.7 Å². The first-order valence-corrected chi connectivity index (χ1v) is 13.3. The van der Waals surface area contributed by atoms with Crippen molar-refractivity contribution in [2.75, 3.05) is 11.9 Å². The summed E-state index contributed by atoms with van der Waals surface area (Å²) < 4.78 is 1.84. The predicted octanol–water partition coefficient (Wildman–Crippen LogP) is 5.74. The molecule has 8 heteroatoms. The Bertz CT molecular complexity index is 1320. The minimum Gasteiger partial charge on any atom is -0.389 e. The second-order valence-electron chi connectivity index (χ2n) is 9.84. The van der Waals surface area contributed by atoms with Gasteiger partial charge in [-0.1, -0.05) is 43.0 Å². The maximum absolute atomic E-state index is 12.6. The van der Waals surface area contributed by atoms with Gasteiger partial charge in [0, 0.05) is 28.6 Å². The first kappa shape index (κ1) is 26.0. The standard InChI is InChI=1S/C28H35N5O2S/c1-6-8-21(9-7-2)36-25-15-23(30-17-28(4,5)35)26-29-16-24(33(26)32-25)19-10-13-22(18(3)14-19)27(34)31-20-11-12-20/h6,8-10,13-16,20,30,35H,7,11-12,17H2,1-5H3,(H,31,34). The number of rotatable bonds is 10. The summed E-state index contributed by atoms with van der Waals surface area (Å²) >= 11 is 1.59. The first-order chi connectivity index (χ1) is 17.2. The van der Waals surface area contributed by atoms with Crippen LogP contribution in [0.2, 0.25) is 0 Å². The molecule has 1 saturated carbocycles. The zero-order chi connectivity index (χ0) is 25.9. The third kappa shape index (κ3) is 6.36. The van der Waals surface area contributed by atoms with E-state index in [0.717, 1.165) is 51.7 Å². The number of anilines is 1. The number of hydrogen-bond donors (Lipinski definition) is 3. The van der Waals surface area contributed by atoms with Gasteiger partial charge in [0.2, 0.25) is 0 Å². The molecule has 0 spiro atoms. The smallest absolute Gasteiger partial charge is 0.251 e. The van der Waals surface area contributed by atoms with Gasteiger partial charge < -0.3 is 15.7 Å². The maximum atomic E-state index is 12.6. The van der Waals surface area contributed by atoms with E-state index in [1.807, 2.05) is 48.7 Å². The molecule has 0 saturated heterocycles. The van der Waals surface area contributed by atoms with Crippen LogP contribution in [-0.4, -0.2) is 43.8 Å². The number of carbonyl (C=O) groups excluding carboxylic acids is 1. The van der Waals surface area contributed by atoms with E-state index in [1.165, 1.54) is 0 Å². The molecule has 0 aliphatic heterocycles. The summed E-state index contributed by atoms with van der Waals surface area (Å²) in [6.45, 7) is 9.98. The summed E-state index contributed by atoms with van der Waals surface area (Å²) in [5.74, 6) is -0.0196. The molecular weight excluding hydrogens is 470 g/mol. The van der Waals surface area contributed by atoms with E-state index in [4.69, 9.17) is 5.10 Å². The molecular formula is C28H35N5O2S. The van der Waals surface area contributed by atoms with Crippen molar-refractivity contribution in [1.82, 2.24) is 19.9 Å². The van der Waals surface area contributed by atoms with E-state index in [9.17, 15) is 9.90 Å². The van der Waals surface area contributed by atoms with Gasteiger partial charge in [-0.2, -0.15) is 5.10 Å². The molecule has 36 heavy (non-hydrogen) atoms. The zero-order valence-corrected chi connectivity index (χ0v) is 22.4. The van der Waals surface area contributed by atoms with Crippen LogP contribution in [0.3, 0.4) is 0 Å². The minimum atomic E-state index is -0.880. The number of thioether (sulfide) groups is 1. The number of hydrogen-bond acceptors (Lipinski definition) is 6. The lowest BCUT2D eigenvalue weighted by atomic mass is 10.0. The molecule has 7 nitrogen and oxygen atoms in total. The van der Waals surface area contributed by atoms with Crippen molar-refractivity contribution in [1.29, 1.82) is 0 Å². The highest BCUT2D eigenvalue weighted by atomic mass is 32.2. The Morgan fingerprint density at radius 1 is 1.31 bits per heavy atom. The fourth-order valence-corrected chi connectivity index (χ4v) is 4.83. The van der Waals surface area contributed by atoms with Gasteiger partial charge in [0.05, 0.1) is 23.2 Å². The number of nitrogens with zero attached hydrogens (tertiary/aromatic N) is 3. The molecule has 1 fully saturated rings. The normalized spacial score (nSPS) is 14.6. The lowest BCUT2D eigenvalue weighted by molar-refractivity contribution is 0.0940. The molecule has 1 aliphatic carbocycles. The Hall–Kier alpha value is -3.10. The van der Waals surface area contributed by atoms with E-state index in [2.05, 4.69) is 34.7 Å². The highest BCUT2D eigenvalue weighted by molar-refractivity contribution is 8.03. The van der Waals surface area contributed by atoms with Crippen LogP contribution >= 0.6 is 11.8 Å². The van der Waals surface area contributed by atoms with E-state index < -0.39 is 5.60 Å². The molecule has 4 rings (SSSR count). The van der Waals surface area contributed by atoms with Gasteiger partial charge in [-0.25, -0.2) is 9.50 Å². The number of nitrogens with one attached hydrogen (secondary N) is 2. The van der Waals surface area contributed by atoms with Gasteiger partial charge in [-0.05, 0) is 70.7 Å². The van der Waals surface area contributed by atoms with Crippen LogP contribution in [0, 0.1) is 6.92 Å². The number of allylic oxidation sites excluding steroid dienone is 3. The summed E-state index contributed by atoms with van der Waals surface area (Å²) in [7, 11) is 0. The van der Waals surface area contributed by atoms with Crippen LogP contribution in [0.1, 0.15) is 62.9 Å². The third-order valence-corrected chi connectivity index (χ3v) is 6.74. The second kappa shape index (κ2) is 10.9. The molecule has 0 atom stereocenters. The topological polar surface area (TPSA) is 91.5 Å². The van der Waals surface area contributed by atoms with Crippen molar-refractivity contribution in [2.24, 2.45) is 0 Å². The number of fused-ring (bicyclic) bond motifs is 1. The fraction of sp³-hybridized carbons (Fsp3) is 0.393. The number of carbonyl (C=O) groups is 1. The molecule has 3 aromatic rings. The van der Waals surface area contributed by atoms with Crippen molar-refractivity contribution in [2.45, 2.75) is 70.6 Å². The SMILES string of the molecule is CC=CC(=CCC)Sc1cc(NCC(C)(C)O)c2ncc(-c3ccc(C(=O)NC4CC4)c(C)c3)n2n1. The monoisotopic (exact) mass is 505 g/mol. The number of aliphatic hydroxyl groups is 1. The summed E-state index contributed by atoms with van der Waals surface area (Å²) in [5.41, 5.74) is 3.97. The van der Waals surface area contributed by atoms with Crippen LogP contribution in [0.15, 0.2) is 58.6 Å². The molecule has 1 aromatic carbocycles. The molecule has 190 valence electrons. The number of amides is 1. The molecule has 2 heterocycles. The number of aromatic nitrogens is 3. The summed E-state index contributed by atoms with van der Waals surface area (Å²) in [5, 5.41) is 22.4. The van der Waals surface area contributed by atoms with E-state index in [0.29, 0.717) is 23.8 Å². The van der Waals surface area contributed by atoms with Crippen LogP contribution in [0.4, 0.5) is 5.69 Å². The highest BCUT2D eigenvalue weighted by Gasteiger charge is 2.24. The average Bonchev–Trinajstić information content (AvgIpc) is 3.52. The Labute approximate surface area is 217 Å². The van der Waals surface area contributed by atoms with Crippen molar-refractivity contribution < 1.29 is 9.90 Å². The molecule has 0 unspecified atom stereocenters. The lowest BCUT2D eigenvalue weighted by Crippen LogP contribution is -2.29. The van der Waals surface area contributed by atoms with Crippen LogP contribution in [0.5, 0.6) is 0 Å². The van der Waals surface area contributed by atoms with Crippen LogP contribution in [0.25, 0.3) is 16.9 Å². The fourth-order valence-electron chi connectivity index (χ4n) is 3.83. The Balaban J connectivity index is 1.74. The number of aryl methyl sites for hydroxylation is 1. The van der Waals surface area contributed by atoms with Gasteiger partial charge >= 0.3 is 0 Å². The Kier molecular flexibility index (Phi) is 7.85. The zero-order valence-electron chi connectivity index (χ0n) is 21.6. The summed E-state index contributed by atoms with van der Waals surface area (Å²) in [6.07, 6.45) is 11.1. The third-order valence-electron chi connectivity index (χ3n) is 5.79.